The summed E-state index contributed by atoms with van der Waals surface area (Å²) in [5.41, 5.74) is 1.09. The van der Waals surface area contributed by atoms with Crippen LogP contribution in [0.25, 0.3) is 0 Å². The SMILES string of the molecule is Cn1nc(C2CCCC2)cc1NC(=O)N[C@H]1CCc2ncnn2C1. The molecule has 0 unspecified atom stereocenters. The van der Waals surface area contributed by atoms with Crippen molar-refractivity contribution in [1.29, 1.82) is 0 Å². The van der Waals surface area contributed by atoms with Gasteiger partial charge in [-0.25, -0.2) is 14.5 Å². The van der Waals surface area contributed by atoms with Crippen molar-refractivity contribution in [2.45, 2.75) is 57.0 Å². The van der Waals surface area contributed by atoms with Crippen LogP contribution in [0.3, 0.4) is 0 Å². The molecule has 1 saturated carbocycles. The molecule has 24 heavy (non-hydrogen) atoms. The van der Waals surface area contributed by atoms with Crippen LogP contribution in [0.5, 0.6) is 0 Å². The zero-order chi connectivity index (χ0) is 16.5. The van der Waals surface area contributed by atoms with E-state index >= 15 is 0 Å². The lowest BCUT2D eigenvalue weighted by Gasteiger charge is -2.23. The second-order valence-electron chi connectivity index (χ2n) is 6.75. The van der Waals surface area contributed by atoms with Crippen LogP contribution >= 0.6 is 0 Å². The first kappa shape index (κ1) is 15.2. The van der Waals surface area contributed by atoms with E-state index in [1.807, 2.05) is 17.8 Å². The topological polar surface area (TPSA) is 89.7 Å². The standard InChI is InChI=1S/C16H23N7O/c1-22-15(8-13(21-22)11-4-2-3-5-11)20-16(24)19-12-6-7-14-17-10-18-23(14)9-12/h8,10-12H,2-7,9H2,1H3,(H2,19,20,24)/t12-/m0/s1. The van der Waals surface area contributed by atoms with E-state index in [0.29, 0.717) is 12.5 Å². The van der Waals surface area contributed by atoms with Crippen molar-refractivity contribution in [2.24, 2.45) is 7.05 Å². The Kier molecular flexibility index (Phi) is 3.95. The van der Waals surface area contributed by atoms with Gasteiger partial charge in [-0.1, -0.05) is 12.8 Å². The Labute approximate surface area is 140 Å². The Morgan fingerprint density at radius 2 is 2.12 bits per heavy atom. The second kappa shape index (κ2) is 6.26. The van der Waals surface area contributed by atoms with Gasteiger partial charge in [-0.2, -0.15) is 10.2 Å². The maximum Gasteiger partial charge on any atom is 0.320 e. The zero-order valence-electron chi connectivity index (χ0n) is 13.9. The van der Waals surface area contributed by atoms with Gasteiger partial charge in [-0.3, -0.25) is 10.00 Å². The van der Waals surface area contributed by atoms with Crippen molar-refractivity contribution in [2.75, 3.05) is 5.32 Å². The quantitative estimate of drug-likeness (QED) is 0.898. The zero-order valence-corrected chi connectivity index (χ0v) is 13.9. The Balaban J connectivity index is 1.36. The summed E-state index contributed by atoms with van der Waals surface area (Å²) in [7, 11) is 1.87. The molecule has 4 rings (SSSR count). The Hall–Kier alpha value is -2.38. The smallest absolute Gasteiger partial charge is 0.320 e. The predicted molar refractivity (Wildman–Crippen MR) is 88.7 cm³/mol. The monoisotopic (exact) mass is 329 g/mol. The molecule has 1 atom stereocenters. The highest BCUT2D eigenvalue weighted by Crippen LogP contribution is 2.34. The average molecular weight is 329 g/mol. The number of aryl methyl sites for hydroxylation is 2. The summed E-state index contributed by atoms with van der Waals surface area (Å²) in [6, 6.07) is 1.89. The lowest BCUT2D eigenvalue weighted by atomic mass is 10.0. The summed E-state index contributed by atoms with van der Waals surface area (Å²) in [6.07, 6.45) is 8.23. The van der Waals surface area contributed by atoms with Crippen LogP contribution in [0.2, 0.25) is 0 Å². The third-order valence-corrected chi connectivity index (χ3v) is 5.05. The van der Waals surface area contributed by atoms with Crippen LogP contribution in [0.4, 0.5) is 10.6 Å². The number of nitrogens with one attached hydrogen (secondary N) is 2. The molecule has 2 aromatic heterocycles. The van der Waals surface area contributed by atoms with Crippen molar-refractivity contribution < 1.29 is 4.79 Å². The van der Waals surface area contributed by atoms with Crippen molar-refractivity contribution in [3.05, 3.63) is 23.9 Å². The largest absolute Gasteiger partial charge is 0.333 e. The van der Waals surface area contributed by atoms with Gasteiger partial charge < -0.3 is 5.32 Å². The van der Waals surface area contributed by atoms with Gasteiger partial charge in [0.25, 0.3) is 0 Å². The van der Waals surface area contributed by atoms with Crippen LogP contribution in [-0.2, 0) is 20.0 Å². The molecule has 128 valence electrons. The number of urea groups is 1. The molecule has 1 aliphatic carbocycles. The van der Waals surface area contributed by atoms with Crippen molar-refractivity contribution in [3.63, 3.8) is 0 Å². The fourth-order valence-corrected chi connectivity index (χ4v) is 3.72. The molecule has 0 spiro atoms. The predicted octanol–water partition coefficient (Wildman–Crippen LogP) is 1.81. The highest BCUT2D eigenvalue weighted by Gasteiger charge is 2.23. The van der Waals surface area contributed by atoms with E-state index < -0.39 is 0 Å². The first-order chi connectivity index (χ1) is 11.7. The lowest BCUT2D eigenvalue weighted by Crippen LogP contribution is -2.43. The molecule has 1 fully saturated rings. The number of amides is 2. The van der Waals surface area contributed by atoms with E-state index in [9.17, 15) is 4.79 Å². The van der Waals surface area contributed by atoms with Gasteiger partial charge in [0.1, 0.15) is 18.0 Å². The second-order valence-corrected chi connectivity index (χ2v) is 6.75. The minimum absolute atomic E-state index is 0.0710. The first-order valence-corrected chi connectivity index (χ1v) is 8.67. The molecule has 8 nitrogen and oxygen atoms in total. The minimum Gasteiger partial charge on any atom is -0.333 e. The molecule has 0 saturated heterocycles. The van der Waals surface area contributed by atoms with Gasteiger partial charge in [0, 0.05) is 25.5 Å². The van der Waals surface area contributed by atoms with Crippen molar-refractivity contribution in [1.82, 2.24) is 29.9 Å². The number of carbonyl (C=O) groups is 1. The Morgan fingerprint density at radius 1 is 1.29 bits per heavy atom. The number of nitrogens with zero attached hydrogens (tertiary/aromatic N) is 5. The average Bonchev–Trinajstić information content (AvgIpc) is 3.28. The van der Waals surface area contributed by atoms with Crippen LogP contribution in [0.15, 0.2) is 12.4 Å². The molecule has 0 radical (unpaired) electrons. The fraction of sp³-hybridized carbons (Fsp3) is 0.625. The van der Waals surface area contributed by atoms with E-state index in [1.54, 1.807) is 11.0 Å². The number of rotatable bonds is 3. The number of carbonyl (C=O) groups excluding carboxylic acids is 1. The highest BCUT2D eigenvalue weighted by atomic mass is 16.2. The molecular weight excluding hydrogens is 306 g/mol. The molecule has 2 aliphatic rings. The number of anilines is 1. The van der Waals surface area contributed by atoms with Gasteiger partial charge in [-0.05, 0) is 19.3 Å². The van der Waals surface area contributed by atoms with Crippen molar-refractivity contribution >= 4 is 11.8 Å². The van der Waals surface area contributed by atoms with Crippen molar-refractivity contribution in [3.8, 4) is 0 Å². The van der Waals surface area contributed by atoms with Gasteiger partial charge in [0.15, 0.2) is 0 Å². The third kappa shape index (κ3) is 3.00. The first-order valence-electron chi connectivity index (χ1n) is 8.67. The number of hydrogen-bond acceptors (Lipinski definition) is 4. The summed E-state index contributed by atoms with van der Waals surface area (Å²) in [5, 5.41) is 14.7. The molecule has 3 heterocycles. The third-order valence-electron chi connectivity index (χ3n) is 5.05. The maximum atomic E-state index is 12.3. The summed E-state index contributed by atoms with van der Waals surface area (Å²) in [4.78, 5) is 16.5. The fourth-order valence-electron chi connectivity index (χ4n) is 3.72. The van der Waals surface area contributed by atoms with E-state index in [4.69, 9.17) is 0 Å². The van der Waals surface area contributed by atoms with Gasteiger partial charge in [0.2, 0.25) is 0 Å². The summed E-state index contributed by atoms with van der Waals surface area (Å²) in [5.74, 6) is 2.27. The molecule has 1 aliphatic heterocycles. The van der Waals surface area contributed by atoms with Gasteiger partial charge >= 0.3 is 6.03 Å². The Morgan fingerprint density at radius 3 is 2.96 bits per heavy atom. The number of hydrogen-bond donors (Lipinski definition) is 2. The highest BCUT2D eigenvalue weighted by molar-refractivity contribution is 5.88. The molecule has 0 aromatic carbocycles. The van der Waals surface area contributed by atoms with E-state index in [1.165, 1.54) is 25.7 Å². The van der Waals surface area contributed by atoms with E-state index in [0.717, 1.165) is 30.2 Å². The molecule has 2 aromatic rings. The normalized spacial score (nSPS) is 20.8. The van der Waals surface area contributed by atoms with Crippen LogP contribution in [-0.4, -0.2) is 36.6 Å². The lowest BCUT2D eigenvalue weighted by molar-refractivity contribution is 0.243. The molecule has 2 amide bonds. The molecule has 2 N–H and O–H groups in total. The van der Waals surface area contributed by atoms with Crippen LogP contribution in [0, 0.1) is 0 Å². The van der Waals surface area contributed by atoms with Gasteiger partial charge in [0.05, 0.1) is 18.3 Å². The van der Waals surface area contributed by atoms with Crippen LogP contribution < -0.4 is 10.6 Å². The summed E-state index contributed by atoms with van der Waals surface area (Å²) in [6.45, 7) is 0.668. The van der Waals surface area contributed by atoms with Crippen LogP contribution in [0.1, 0.15) is 49.5 Å². The summed E-state index contributed by atoms with van der Waals surface area (Å²) < 4.78 is 3.61. The summed E-state index contributed by atoms with van der Waals surface area (Å²) >= 11 is 0. The van der Waals surface area contributed by atoms with E-state index in [-0.39, 0.29) is 12.1 Å². The molecule has 8 heteroatoms. The number of fused-ring (bicyclic) bond motifs is 1. The number of aromatic nitrogens is 5. The van der Waals surface area contributed by atoms with E-state index in [2.05, 4.69) is 25.8 Å². The maximum absolute atomic E-state index is 12.3. The van der Waals surface area contributed by atoms with Gasteiger partial charge in [-0.15, -0.1) is 0 Å². The molecule has 0 bridgehead atoms. The minimum atomic E-state index is -0.190. The molecular formula is C16H23N7O. The Bertz CT molecular complexity index is 729.